The van der Waals surface area contributed by atoms with Crippen molar-refractivity contribution in [3.8, 4) is 11.8 Å². The van der Waals surface area contributed by atoms with Crippen molar-refractivity contribution in [1.29, 1.82) is 0 Å². The number of nitrogens with zero attached hydrogens (tertiary/aromatic N) is 1. The van der Waals surface area contributed by atoms with Gasteiger partial charge in [0.05, 0.1) is 11.3 Å². The highest BCUT2D eigenvalue weighted by atomic mass is 35.5. The number of carbonyl (C=O) groups is 2. The van der Waals surface area contributed by atoms with Gasteiger partial charge in [-0.2, -0.15) is 0 Å². The molecule has 0 N–H and O–H groups in total. The third-order valence-electron chi connectivity index (χ3n) is 4.98. The second-order valence-corrected chi connectivity index (χ2v) is 7.58. The fourth-order valence-corrected chi connectivity index (χ4v) is 3.56. The van der Waals surface area contributed by atoms with Crippen LogP contribution in [0.4, 0.5) is 10.1 Å². The molecule has 31 heavy (non-hydrogen) atoms. The van der Waals surface area contributed by atoms with E-state index in [9.17, 15) is 14.0 Å². The largest absolute Gasteiger partial charge is 0.311 e. The van der Waals surface area contributed by atoms with Crippen LogP contribution in [0.15, 0.2) is 72.3 Å². The van der Waals surface area contributed by atoms with Gasteiger partial charge in [0.15, 0.2) is 0 Å². The molecule has 0 radical (unpaired) electrons. The maximum Gasteiger partial charge on any atom is 0.262 e. The second kappa shape index (κ2) is 8.59. The van der Waals surface area contributed by atoms with Crippen LogP contribution in [0.2, 0.25) is 5.02 Å². The highest BCUT2D eigenvalue weighted by Gasteiger charge is 2.32. The summed E-state index contributed by atoms with van der Waals surface area (Å²) >= 11 is 6.02. The topological polar surface area (TPSA) is 37.4 Å². The van der Waals surface area contributed by atoms with E-state index >= 15 is 0 Å². The highest BCUT2D eigenvalue weighted by molar-refractivity contribution is 6.36. The molecule has 152 valence electrons. The lowest BCUT2D eigenvalue weighted by Gasteiger charge is -2.26. The number of hydrogen-bond donors (Lipinski definition) is 0. The van der Waals surface area contributed by atoms with Gasteiger partial charge in [0, 0.05) is 29.6 Å². The lowest BCUT2D eigenvalue weighted by molar-refractivity contribution is -0.114. The predicted octanol–water partition coefficient (Wildman–Crippen LogP) is 5.32. The van der Waals surface area contributed by atoms with Gasteiger partial charge in [-0.1, -0.05) is 47.7 Å². The van der Waals surface area contributed by atoms with Gasteiger partial charge >= 0.3 is 0 Å². The van der Waals surface area contributed by atoms with E-state index in [1.165, 1.54) is 17.0 Å². The molecule has 0 saturated heterocycles. The van der Waals surface area contributed by atoms with Crippen molar-refractivity contribution in [3.05, 3.63) is 105 Å². The molecule has 1 amide bonds. The van der Waals surface area contributed by atoms with Crippen LogP contribution >= 0.6 is 11.6 Å². The van der Waals surface area contributed by atoms with Crippen LogP contribution in [0.3, 0.4) is 0 Å². The van der Waals surface area contributed by atoms with E-state index in [1.54, 1.807) is 67.7 Å². The third kappa shape index (κ3) is 4.42. The Morgan fingerprint density at radius 1 is 1.03 bits per heavy atom. The minimum Gasteiger partial charge on any atom is -0.311 e. The summed E-state index contributed by atoms with van der Waals surface area (Å²) in [6, 6.07) is 18.3. The Bertz CT molecular complexity index is 1280. The van der Waals surface area contributed by atoms with Gasteiger partial charge in [-0.3, -0.25) is 9.59 Å². The maximum absolute atomic E-state index is 13.1. The van der Waals surface area contributed by atoms with Gasteiger partial charge in [-0.15, -0.1) is 0 Å². The fourth-order valence-electron chi connectivity index (χ4n) is 3.36. The molecule has 1 aliphatic heterocycles. The first kappa shape index (κ1) is 20.6. The molecule has 1 heterocycles. The molecule has 0 aliphatic carbocycles. The summed E-state index contributed by atoms with van der Waals surface area (Å²) < 4.78 is 13.0. The van der Waals surface area contributed by atoms with Crippen molar-refractivity contribution in [2.75, 3.05) is 11.9 Å². The monoisotopic (exact) mass is 429 g/mol. The number of halogens is 2. The van der Waals surface area contributed by atoms with E-state index in [0.717, 1.165) is 5.56 Å². The van der Waals surface area contributed by atoms with E-state index in [2.05, 4.69) is 11.8 Å². The molecule has 5 heteroatoms. The Morgan fingerprint density at radius 3 is 2.55 bits per heavy atom. The molecule has 3 nitrogen and oxygen atoms in total. The van der Waals surface area contributed by atoms with E-state index in [4.69, 9.17) is 11.6 Å². The van der Waals surface area contributed by atoms with Gasteiger partial charge in [-0.05, 0) is 59.7 Å². The summed E-state index contributed by atoms with van der Waals surface area (Å²) in [7, 11) is 1.64. The standard InChI is InChI=1S/C26H17ClFNO2/c1-29-24-13-10-18(5-2-4-17-8-11-21(28)12-9-17)15-22(24)25(30)23(26(29)31)16-19-6-3-7-20(27)14-19/h3,6-16H,4H2,1H3/b23-16-. The summed E-state index contributed by atoms with van der Waals surface area (Å²) in [4.78, 5) is 27.3. The minimum atomic E-state index is -0.368. The molecular weight excluding hydrogens is 413 g/mol. The lowest BCUT2D eigenvalue weighted by atomic mass is 9.92. The van der Waals surface area contributed by atoms with Gasteiger partial charge < -0.3 is 4.90 Å². The number of hydrogen-bond acceptors (Lipinski definition) is 2. The second-order valence-electron chi connectivity index (χ2n) is 7.14. The number of anilines is 1. The Morgan fingerprint density at radius 2 is 1.81 bits per heavy atom. The molecule has 0 atom stereocenters. The Labute approximate surface area is 184 Å². The first-order chi connectivity index (χ1) is 14.9. The smallest absolute Gasteiger partial charge is 0.262 e. The van der Waals surface area contributed by atoms with Gasteiger partial charge in [0.25, 0.3) is 5.91 Å². The van der Waals surface area contributed by atoms with Gasteiger partial charge in [-0.25, -0.2) is 4.39 Å². The lowest BCUT2D eigenvalue weighted by Crippen LogP contribution is -2.36. The number of benzene rings is 3. The summed E-state index contributed by atoms with van der Waals surface area (Å²) in [5.41, 5.74) is 3.29. The number of rotatable bonds is 2. The van der Waals surface area contributed by atoms with Gasteiger partial charge in [0.2, 0.25) is 5.78 Å². The van der Waals surface area contributed by atoms with Crippen LogP contribution < -0.4 is 4.90 Å². The molecule has 0 bridgehead atoms. The molecule has 1 aliphatic rings. The van der Waals surface area contributed by atoms with Crippen molar-refractivity contribution in [1.82, 2.24) is 0 Å². The molecule has 0 saturated carbocycles. The maximum atomic E-state index is 13.1. The summed E-state index contributed by atoms with van der Waals surface area (Å²) in [5.74, 6) is 5.08. The zero-order valence-electron chi connectivity index (χ0n) is 16.7. The van der Waals surface area contributed by atoms with Crippen molar-refractivity contribution in [2.24, 2.45) is 0 Å². The van der Waals surface area contributed by atoms with Crippen LogP contribution in [0.5, 0.6) is 0 Å². The van der Waals surface area contributed by atoms with E-state index in [-0.39, 0.29) is 23.1 Å². The van der Waals surface area contributed by atoms with Crippen molar-refractivity contribution in [3.63, 3.8) is 0 Å². The summed E-state index contributed by atoms with van der Waals surface area (Å²) in [6.45, 7) is 0. The van der Waals surface area contributed by atoms with Crippen molar-refractivity contribution >= 4 is 35.1 Å². The average molecular weight is 430 g/mol. The van der Waals surface area contributed by atoms with E-state index in [0.29, 0.717) is 33.8 Å². The predicted molar refractivity (Wildman–Crippen MR) is 121 cm³/mol. The molecule has 0 aromatic heterocycles. The van der Waals surface area contributed by atoms with Gasteiger partial charge in [0.1, 0.15) is 5.82 Å². The number of Topliss-reactive ketones (excluding diaryl/α,β-unsaturated/α-hetero) is 1. The quantitative estimate of drug-likeness (QED) is 0.314. The van der Waals surface area contributed by atoms with Crippen LogP contribution in [0, 0.1) is 17.7 Å². The normalized spacial score (nSPS) is 14.3. The average Bonchev–Trinajstić information content (AvgIpc) is 2.76. The Hall–Kier alpha value is -3.68. The molecule has 0 fully saturated rings. The molecule has 3 aromatic rings. The van der Waals surface area contributed by atoms with Crippen molar-refractivity contribution in [2.45, 2.75) is 6.42 Å². The van der Waals surface area contributed by atoms with E-state index < -0.39 is 0 Å². The summed E-state index contributed by atoms with van der Waals surface area (Å²) in [5, 5.41) is 0.525. The number of likely N-dealkylation sites (N-methyl/N-ethyl adjacent to an activating group) is 1. The summed E-state index contributed by atoms with van der Waals surface area (Å²) in [6.07, 6.45) is 2.02. The number of ketones is 1. The first-order valence-electron chi connectivity index (χ1n) is 9.60. The number of fused-ring (bicyclic) bond motifs is 1. The number of amides is 1. The van der Waals surface area contributed by atoms with Crippen molar-refractivity contribution < 1.29 is 14.0 Å². The molecule has 0 unspecified atom stereocenters. The third-order valence-corrected chi connectivity index (χ3v) is 5.22. The van der Waals surface area contributed by atoms with Crippen LogP contribution in [-0.2, 0) is 11.2 Å². The zero-order chi connectivity index (χ0) is 22.0. The minimum absolute atomic E-state index is 0.0775. The first-order valence-corrected chi connectivity index (χ1v) is 9.97. The Balaban J connectivity index is 1.65. The zero-order valence-corrected chi connectivity index (χ0v) is 17.4. The molecule has 0 spiro atoms. The van der Waals surface area contributed by atoms with Crippen LogP contribution in [-0.4, -0.2) is 18.7 Å². The molecule has 3 aromatic carbocycles. The number of carbonyl (C=O) groups excluding carboxylic acids is 2. The van der Waals surface area contributed by atoms with E-state index in [1.807, 2.05) is 0 Å². The van der Waals surface area contributed by atoms with Crippen LogP contribution in [0.1, 0.15) is 27.0 Å². The van der Waals surface area contributed by atoms with Crippen LogP contribution in [0.25, 0.3) is 6.08 Å². The fraction of sp³-hybridized carbons (Fsp3) is 0.0769. The molecule has 4 rings (SSSR count). The highest BCUT2D eigenvalue weighted by Crippen LogP contribution is 2.31. The molecular formula is C26H17ClFNO2. The SMILES string of the molecule is CN1C(=O)/C(=C\c2cccc(Cl)c2)C(=O)c2cc(C#CCc3ccc(F)cc3)ccc21. The Kier molecular flexibility index (Phi) is 5.70.